The van der Waals surface area contributed by atoms with Gasteiger partial charge in [-0.2, -0.15) is 5.10 Å². The van der Waals surface area contributed by atoms with Crippen LogP contribution in [0.1, 0.15) is 13.3 Å². The van der Waals surface area contributed by atoms with Crippen LogP contribution in [-0.2, 0) is 10.0 Å². The minimum atomic E-state index is -3.53. The fraction of sp³-hybridized carbons (Fsp3) is 0.375. The van der Waals surface area contributed by atoms with Gasteiger partial charge in [-0.3, -0.25) is 5.10 Å². The third kappa shape index (κ3) is 3.07. The van der Waals surface area contributed by atoms with E-state index in [1.165, 1.54) is 6.20 Å². The maximum Gasteiger partial charge on any atom is 0.245 e. The molecule has 0 saturated heterocycles. The van der Waals surface area contributed by atoms with E-state index < -0.39 is 10.0 Å². The number of nitrogen functional groups attached to an aromatic ring is 1. The zero-order valence-electron chi connectivity index (χ0n) is 8.40. The van der Waals surface area contributed by atoms with E-state index in [1.807, 2.05) is 19.1 Å². The van der Waals surface area contributed by atoms with Crippen LogP contribution in [-0.4, -0.2) is 25.2 Å². The molecule has 0 atom stereocenters. The van der Waals surface area contributed by atoms with Crippen LogP contribution in [0.25, 0.3) is 0 Å². The van der Waals surface area contributed by atoms with Crippen molar-refractivity contribution in [1.82, 2.24) is 14.9 Å². The molecule has 0 amide bonds. The maximum atomic E-state index is 11.6. The Labute approximate surface area is 88.6 Å². The lowest BCUT2D eigenvalue weighted by molar-refractivity contribution is 0.582. The summed E-state index contributed by atoms with van der Waals surface area (Å²) in [5, 5.41) is 5.92. The van der Waals surface area contributed by atoms with Gasteiger partial charge >= 0.3 is 0 Å². The topological polar surface area (TPSA) is 101 Å². The predicted octanol–water partition coefficient (Wildman–Crippen LogP) is 0.236. The lowest BCUT2D eigenvalue weighted by atomic mass is 10.4. The standard InChI is InChI=1S/C8H14N4O2S/c1-2-3-4-5-11-15(13,14)7-6-10-12-8(7)9/h2-3,6,11H,4-5H2,1H3,(H3,9,10,12)/b3-2+. The van der Waals surface area contributed by atoms with Crippen molar-refractivity contribution in [1.29, 1.82) is 0 Å². The molecule has 0 aromatic carbocycles. The van der Waals surface area contributed by atoms with E-state index in [9.17, 15) is 8.42 Å². The number of anilines is 1. The molecule has 7 heteroatoms. The molecule has 4 N–H and O–H groups in total. The van der Waals surface area contributed by atoms with Crippen molar-refractivity contribution in [3.05, 3.63) is 18.3 Å². The van der Waals surface area contributed by atoms with E-state index >= 15 is 0 Å². The third-order valence-corrected chi connectivity index (χ3v) is 3.25. The Balaban J connectivity index is 2.65. The molecular weight excluding hydrogens is 216 g/mol. The summed E-state index contributed by atoms with van der Waals surface area (Å²) >= 11 is 0. The number of hydrogen-bond acceptors (Lipinski definition) is 4. The van der Waals surface area contributed by atoms with E-state index in [-0.39, 0.29) is 10.7 Å². The highest BCUT2D eigenvalue weighted by Gasteiger charge is 2.17. The Hall–Kier alpha value is -1.34. The number of H-pyrrole nitrogens is 1. The summed E-state index contributed by atoms with van der Waals surface area (Å²) in [7, 11) is -3.53. The molecule has 0 saturated carbocycles. The lowest BCUT2D eigenvalue weighted by Gasteiger charge is -2.03. The second-order valence-corrected chi connectivity index (χ2v) is 4.64. The van der Waals surface area contributed by atoms with Gasteiger partial charge in [-0.1, -0.05) is 12.2 Å². The Morgan fingerprint density at radius 2 is 2.40 bits per heavy atom. The van der Waals surface area contributed by atoms with Crippen molar-refractivity contribution in [3.8, 4) is 0 Å². The third-order valence-electron chi connectivity index (χ3n) is 1.76. The van der Waals surface area contributed by atoms with Gasteiger partial charge in [0.25, 0.3) is 0 Å². The van der Waals surface area contributed by atoms with Crippen molar-refractivity contribution in [2.45, 2.75) is 18.2 Å². The van der Waals surface area contributed by atoms with Crippen LogP contribution in [0.2, 0.25) is 0 Å². The predicted molar refractivity (Wildman–Crippen MR) is 57.6 cm³/mol. The molecule has 0 bridgehead atoms. The van der Waals surface area contributed by atoms with E-state index in [1.54, 1.807) is 0 Å². The quantitative estimate of drug-likeness (QED) is 0.498. The van der Waals surface area contributed by atoms with Gasteiger partial charge in [0.05, 0.1) is 6.20 Å². The minimum absolute atomic E-state index is 0.0111. The van der Waals surface area contributed by atoms with Gasteiger partial charge in [-0.25, -0.2) is 13.1 Å². The first-order valence-electron chi connectivity index (χ1n) is 4.47. The Bertz CT molecular complexity index is 435. The SMILES string of the molecule is C/C=C/CCNS(=O)(=O)c1cn[nH]c1N. The molecule has 0 fully saturated rings. The van der Waals surface area contributed by atoms with Crippen LogP contribution < -0.4 is 10.5 Å². The molecule has 0 spiro atoms. The average molecular weight is 230 g/mol. The van der Waals surface area contributed by atoms with E-state index in [0.717, 1.165) is 0 Å². The summed E-state index contributed by atoms with van der Waals surface area (Å²) in [6, 6.07) is 0. The zero-order valence-corrected chi connectivity index (χ0v) is 9.21. The fourth-order valence-electron chi connectivity index (χ4n) is 1.02. The number of rotatable bonds is 5. The molecule has 0 unspecified atom stereocenters. The second kappa shape index (κ2) is 4.94. The van der Waals surface area contributed by atoms with Gasteiger partial charge in [0.15, 0.2) is 0 Å². The number of allylic oxidation sites excluding steroid dienone is 1. The van der Waals surface area contributed by atoms with Crippen LogP contribution in [0, 0.1) is 0 Å². The van der Waals surface area contributed by atoms with Gasteiger partial charge in [-0.05, 0) is 13.3 Å². The van der Waals surface area contributed by atoms with Crippen molar-refractivity contribution < 1.29 is 8.42 Å². The highest BCUT2D eigenvalue weighted by molar-refractivity contribution is 7.89. The van der Waals surface area contributed by atoms with Gasteiger partial charge in [-0.15, -0.1) is 0 Å². The number of nitrogens with one attached hydrogen (secondary N) is 2. The van der Waals surface area contributed by atoms with Crippen LogP contribution in [0.15, 0.2) is 23.2 Å². The smallest absolute Gasteiger partial charge is 0.245 e. The first-order chi connectivity index (χ1) is 7.08. The van der Waals surface area contributed by atoms with E-state index in [4.69, 9.17) is 5.73 Å². The van der Waals surface area contributed by atoms with Crippen molar-refractivity contribution in [2.24, 2.45) is 0 Å². The van der Waals surface area contributed by atoms with E-state index in [2.05, 4.69) is 14.9 Å². The van der Waals surface area contributed by atoms with Gasteiger partial charge in [0.1, 0.15) is 10.7 Å². The molecule has 84 valence electrons. The number of aromatic nitrogens is 2. The molecule has 0 radical (unpaired) electrons. The monoisotopic (exact) mass is 230 g/mol. The summed E-state index contributed by atoms with van der Waals surface area (Å²) in [5.74, 6) is 0.0496. The summed E-state index contributed by atoms with van der Waals surface area (Å²) in [5.41, 5.74) is 5.41. The lowest BCUT2D eigenvalue weighted by Crippen LogP contribution is -2.24. The van der Waals surface area contributed by atoms with Crippen LogP contribution in [0.5, 0.6) is 0 Å². The summed E-state index contributed by atoms with van der Waals surface area (Å²) in [6.07, 6.45) is 5.57. The number of nitrogens with zero attached hydrogens (tertiary/aromatic N) is 1. The highest BCUT2D eigenvalue weighted by atomic mass is 32.2. The summed E-state index contributed by atoms with van der Waals surface area (Å²) in [6.45, 7) is 2.22. The van der Waals surface area contributed by atoms with Crippen LogP contribution >= 0.6 is 0 Å². The van der Waals surface area contributed by atoms with Crippen molar-refractivity contribution in [2.75, 3.05) is 12.3 Å². The molecule has 1 rings (SSSR count). The fourth-order valence-corrected chi connectivity index (χ4v) is 2.09. The maximum absolute atomic E-state index is 11.6. The molecule has 1 aromatic rings. The summed E-state index contributed by atoms with van der Waals surface area (Å²) < 4.78 is 25.6. The molecule has 0 aliphatic rings. The average Bonchev–Trinajstić information content (AvgIpc) is 2.60. The largest absolute Gasteiger partial charge is 0.383 e. The zero-order chi connectivity index (χ0) is 11.3. The van der Waals surface area contributed by atoms with Crippen LogP contribution in [0.4, 0.5) is 5.82 Å². The first kappa shape index (κ1) is 11.7. The number of nitrogens with two attached hydrogens (primary N) is 1. The Kier molecular flexibility index (Phi) is 3.87. The van der Waals surface area contributed by atoms with Gasteiger partial charge in [0.2, 0.25) is 10.0 Å². The Morgan fingerprint density at radius 1 is 1.67 bits per heavy atom. The van der Waals surface area contributed by atoms with Crippen molar-refractivity contribution in [3.63, 3.8) is 0 Å². The molecule has 6 nitrogen and oxygen atoms in total. The summed E-state index contributed by atoms with van der Waals surface area (Å²) in [4.78, 5) is -0.0111. The second-order valence-electron chi connectivity index (χ2n) is 2.90. The number of sulfonamides is 1. The van der Waals surface area contributed by atoms with Crippen LogP contribution in [0.3, 0.4) is 0 Å². The normalized spacial score (nSPS) is 12.3. The molecule has 0 aliphatic heterocycles. The first-order valence-corrected chi connectivity index (χ1v) is 5.96. The molecule has 1 aromatic heterocycles. The number of aromatic amines is 1. The number of hydrogen-bond donors (Lipinski definition) is 3. The Morgan fingerprint density at radius 3 is 2.93 bits per heavy atom. The van der Waals surface area contributed by atoms with E-state index in [0.29, 0.717) is 13.0 Å². The molecular formula is C8H14N4O2S. The molecule has 0 aliphatic carbocycles. The highest BCUT2D eigenvalue weighted by Crippen LogP contribution is 2.13. The molecule has 1 heterocycles. The van der Waals surface area contributed by atoms with Crippen molar-refractivity contribution >= 4 is 15.8 Å². The van der Waals surface area contributed by atoms with Gasteiger partial charge < -0.3 is 5.73 Å². The van der Waals surface area contributed by atoms with Gasteiger partial charge in [0, 0.05) is 6.54 Å². The molecule has 15 heavy (non-hydrogen) atoms. The minimum Gasteiger partial charge on any atom is -0.383 e.